The van der Waals surface area contributed by atoms with Gasteiger partial charge in [0.2, 0.25) is 5.82 Å². The lowest BCUT2D eigenvalue weighted by atomic mass is 9.78. The number of rotatable bonds is 12. The molecule has 3 N–H and O–H groups in total. The fourth-order valence-electron chi connectivity index (χ4n) is 4.80. The average molecular weight is 535 g/mol. The minimum atomic E-state index is -0.671. The molecule has 4 aromatic carbocycles. The van der Waals surface area contributed by atoms with Crippen molar-refractivity contribution in [3.8, 4) is 17.1 Å². The van der Waals surface area contributed by atoms with E-state index in [9.17, 15) is 5.11 Å². The molecule has 0 unspecified atom stereocenters. The topological polar surface area (TPSA) is 85.0 Å². The number of quaternary nitrogens is 1. The molecule has 5 rings (SSSR count). The van der Waals surface area contributed by atoms with Gasteiger partial charge in [0, 0.05) is 17.4 Å². The smallest absolute Gasteiger partial charge is 0.285 e. The van der Waals surface area contributed by atoms with E-state index in [1.54, 1.807) is 0 Å². The molecule has 1 heterocycles. The Bertz CT molecular complexity index is 1450. The minimum Gasteiger partial charge on any atom is -0.491 e. The van der Waals surface area contributed by atoms with Gasteiger partial charge in [-0.25, -0.2) is 0 Å². The van der Waals surface area contributed by atoms with Crippen molar-refractivity contribution >= 4 is 0 Å². The zero-order valence-electron chi connectivity index (χ0n) is 23.0. The fraction of sp³-hybridized carbons (Fsp3) is 0.235. The summed E-state index contributed by atoms with van der Waals surface area (Å²) in [5.74, 6) is 1.83. The maximum Gasteiger partial charge on any atom is 0.285 e. The Kier molecular flexibility index (Phi) is 8.69. The molecule has 6 nitrogen and oxygen atoms in total. The van der Waals surface area contributed by atoms with Crippen LogP contribution in [0.1, 0.15) is 42.5 Å². The van der Waals surface area contributed by atoms with E-state index in [1.807, 2.05) is 66.7 Å². The van der Waals surface area contributed by atoms with Crippen LogP contribution in [0.15, 0.2) is 120 Å². The normalized spacial score (nSPS) is 13.1. The van der Waals surface area contributed by atoms with Gasteiger partial charge in [0.05, 0.1) is 0 Å². The van der Waals surface area contributed by atoms with Crippen molar-refractivity contribution in [1.82, 2.24) is 10.1 Å². The lowest BCUT2D eigenvalue weighted by molar-refractivity contribution is -0.703. The first-order valence-corrected chi connectivity index (χ1v) is 13.7. The first-order chi connectivity index (χ1) is 19.5. The largest absolute Gasteiger partial charge is 0.491 e. The number of nitrogens with zero attached hydrogens (tertiary/aromatic N) is 2. The number of hydrogen-bond donors (Lipinski definition) is 2. The number of nitrogens with two attached hydrogens (primary N) is 1. The summed E-state index contributed by atoms with van der Waals surface area (Å²) in [5.41, 5.74) is 4.42. The predicted octanol–water partition coefficient (Wildman–Crippen LogP) is 5.35. The zero-order valence-corrected chi connectivity index (χ0v) is 23.0. The summed E-state index contributed by atoms with van der Waals surface area (Å²) >= 11 is 0. The van der Waals surface area contributed by atoms with E-state index >= 15 is 0 Å². The molecular weight excluding hydrogens is 498 g/mol. The molecule has 6 heteroatoms. The Morgan fingerprint density at radius 2 is 1.40 bits per heavy atom. The van der Waals surface area contributed by atoms with Crippen molar-refractivity contribution in [2.45, 2.75) is 37.8 Å². The summed E-state index contributed by atoms with van der Waals surface area (Å²) in [6.07, 6.45) is 0.0268. The molecule has 0 saturated heterocycles. The third-order valence-corrected chi connectivity index (χ3v) is 7.30. The van der Waals surface area contributed by atoms with Crippen LogP contribution in [0.5, 0.6) is 5.75 Å². The van der Waals surface area contributed by atoms with Gasteiger partial charge in [-0.05, 0) is 28.8 Å². The van der Waals surface area contributed by atoms with Gasteiger partial charge in [0.25, 0.3) is 5.89 Å². The molecule has 0 saturated carbocycles. The molecule has 0 fully saturated rings. The van der Waals surface area contributed by atoms with E-state index in [-0.39, 0.29) is 18.1 Å². The first-order valence-electron chi connectivity index (χ1n) is 13.7. The molecule has 0 aliphatic rings. The summed E-state index contributed by atoms with van der Waals surface area (Å²) in [4.78, 5) is 4.68. The third-order valence-electron chi connectivity index (χ3n) is 7.30. The van der Waals surface area contributed by atoms with E-state index in [0.717, 1.165) is 16.9 Å². The van der Waals surface area contributed by atoms with E-state index in [4.69, 9.17) is 9.26 Å². The molecular formula is C34H36N3O3+. The molecule has 1 aromatic heterocycles. The van der Waals surface area contributed by atoms with Gasteiger partial charge < -0.3 is 19.7 Å². The maximum atomic E-state index is 10.8. The van der Waals surface area contributed by atoms with Crippen LogP contribution in [-0.4, -0.2) is 34.5 Å². The molecule has 0 spiro atoms. The third kappa shape index (κ3) is 6.84. The fourth-order valence-corrected chi connectivity index (χ4v) is 4.80. The van der Waals surface area contributed by atoms with Gasteiger partial charge in [-0.2, -0.15) is 4.98 Å². The van der Waals surface area contributed by atoms with Crippen LogP contribution in [0.3, 0.4) is 0 Å². The summed E-state index contributed by atoms with van der Waals surface area (Å²) in [6.45, 7) is 5.06. The van der Waals surface area contributed by atoms with Crippen molar-refractivity contribution < 1.29 is 19.7 Å². The molecule has 2 atom stereocenters. The van der Waals surface area contributed by atoms with E-state index < -0.39 is 6.10 Å². The highest BCUT2D eigenvalue weighted by Gasteiger charge is 2.25. The highest BCUT2D eigenvalue weighted by Crippen LogP contribution is 2.32. The Balaban J connectivity index is 1.20. The zero-order chi connectivity index (χ0) is 27.8. The van der Waals surface area contributed by atoms with Gasteiger partial charge in [0.1, 0.15) is 25.0 Å². The number of ether oxygens (including phenoxy) is 1. The Morgan fingerprint density at radius 1 is 0.800 bits per heavy atom. The molecule has 0 radical (unpaired) electrons. The molecule has 40 heavy (non-hydrogen) atoms. The minimum absolute atomic E-state index is 0.114. The van der Waals surface area contributed by atoms with Gasteiger partial charge in [-0.15, -0.1) is 0 Å². The van der Waals surface area contributed by atoms with Crippen molar-refractivity contribution in [3.63, 3.8) is 0 Å². The summed E-state index contributed by atoms with van der Waals surface area (Å²) in [5, 5.41) is 17.0. The lowest BCUT2D eigenvalue weighted by Crippen LogP contribution is -2.88. The van der Waals surface area contributed by atoms with Crippen LogP contribution in [-0.2, 0) is 11.8 Å². The second-order valence-corrected chi connectivity index (χ2v) is 10.6. The van der Waals surface area contributed by atoms with Crippen molar-refractivity contribution in [1.29, 1.82) is 0 Å². The van der Waals surface area contributed by atoms with Crippen LogP contribution < -0.4 is 10.1 Å². The predicted molar refractivity (Wildman–Crippen MR) is 156 cm³/mol. The SMILES string of the molecule is CC(C)(c1ccccc1)c1ccc(OC[C@@H](O)C[NH2+][C@@H](Cc2ccccc2)c2nc(-c3ccccc3)no2)cc1. The van der Waals surface area contributed by atoms with Gasteiger partial charge in [-0.3, -0.25) is 0 Å². The number of aliphatic hydroxyl groups excluding tert-OH is 1. The quantitative estimate of drug-likeness (QED) is 0.225. The summed E-state index contributed by atoms with van der Waals surface area (Å²) in [6, 6.07) is 38.4. The molecule has 0 bridgehead atoms. The Hall–Kier alpha value is -4.26. The van der Waals surface area contributed by atoms with Crippen LogP contribution in [0.2, 0.25) is 0 Å². The maximum absolute atomic E-state index is 10.8. The molecule has 0 aliphatic carbocycles. The van der Waals surface area contributed by atoms with E-state index in [0.29, 0.717) is 24.7 Å². The second-order valence-electron chi connectivity index (χ2n) is 10.6. The summed E-state index contributed by atoms with van der Waals surface area (Å²) < 4.78 is 11.6. The van der Waals surface area contributed by atoms with Crippen molar-refractivity contribution in [2.24, 2.45) is 0 Å². The summed E-state index contributed by atoms with van der Waals surface area (Å²) in [7, 11) is 0. The number of aromatic nitrogens is 2. The van der Waals surface area contributed by atoms with Crippen molar-refractivity contribution in [3.05, 3.63) is 138 Å². The number of aliphatic hydroxyl groups is 1. The standard InChI is InChI=1S/C34H35N3O3/c1-34(2,27-16-10-5-11-17-27)28-18-20-30(21-19-28)39-24-29(38)23-35-31(22-25-12-6-3-7-13-25)33-36-32(37-40-33)26-14-8-4-9-15-26/h3-21,29,31,35,38H,22-24H2,1-2H3/p+1/t29-,31-/m0/s1. The Morgan fingerprint density at radius 3 is 2.08 bits per heavy atom. The van der Waals surface area contributed by atoms with E-state index in [1.165, 1.54) is 11.1 Å². The number of benzene rings is 4. The van der Waals surface area contributed by atoms with Crippen molar-refractivity contribution in [2.75, 3.05) is 13.2 Å². The highest BCUT2D eigenvalue weighted by molar-refractivity contribution is 5.53. The highest BCUT2D eigenvalue weighted by atomic mass is 16.5. The van der Waals surface area contributed by atoms with Gasteiger partial charge in [0.15, 0.2) is 6.04 Å². The van der Waals surface area contributed by atoms with Crippen LogP contribution in [0.25, 0.3) is 11.4 Å². The number of hydrogen-bond acceptors (Lipinski definition) is 5. The van der Waals surface area contributed by atoms with Gasteiger partial charge in [-0.1, -0.05) is 122 Å². The molecule has 0 amide bonds. The van der Waals surface area contributed by atoms with Crippen LogP contribution in [0, 0.1) is 0 Å². The molecule has 5 aromatic rings. The van der Waals surface area contributed by atoms with Crippen LogP contribution in [0.4, 0.5) is 0 Å². The Labute approximate surface area is 235 Å². The second kappa shape index (κ2) is 12.7. The van der Waals surface area contributed by atoms with E-state index in [2.05, 4.69) is 77.8 Å². The lowest BCUT2D eigenvalue weighted by Gasteiger charge is -2.26. The molecule has 204 valence electrons. The average Bonchev–Trinajstić information content (AvgIpc) is 3.50. The molecule has 0 aliphatic heterocycles. The van der Waals surface area contributed by atoms with Gasteiger partial charge >= 0.3 is 0 Å². The van der Waals surface area contributed by atoms with Crippen LogP contribution >= 0.6 is 0 Å². The first kappa shape index (κ1) is 27.3. The monoisotopic (exact) mass is 534 g/mol.